The monoisotopic (exact) mass is 887 g/mol. The Hall–Kier alpha value is -5.54. The average molecular weight is 888 g/mol. The third kappa shape index (κ3) is 10.0. The van der Waals surface area contributed by atoms with Gasteiger partial charge in [-0.3, -0.25) is 24.6 Å². The highest BCUT2D eigenvalue weighted by molar-refractivity contribution is 8.00. The molecule has 1 aromatic heterocycles. The van der Waals surface area contributed by atoms with Crippen LogP contribution in [0.2, 0.25) is 0 Å². The Morgan fingerprint density at radius 2 is 1.70 bits per heavy atom. The number of ether oxygens (including phenoxy) is 1. The molecule has 0 saturated carbocycles. The normalized spacial score (nSPS) is 22.6. The van der Waals surface area contributed by atoms with Crippen molar-refractivity contribution in [2.24, 2.45) is 11.8 Å². The number of nitrogen functional groups attached to an aromatic ring is 1. The van der Waals surface area contributed by atoms with Crippen molar-refractivity contribution in [1.29, 1.82) is 0 Å². The first-order valence-electron chi connectivity index (χ1n) is 23.2. The van der Waals surface area contributed by atoms with Crippen LogP contribution in [-0.4, -0.2) is 120 Å². The highest BCUT2D eigenvalue weighted by Gasteiger charge is 2.37. The Balaban J connectivity index is 0.730. The average Bonchev–Trinajstić information content (AvgIpc) is 3.49. The van der Waals surface area contributed by atoms with Gasteiger partial charge in [0.25, 0.3) is 0 Å². The number of aromatic hydroxyl groups is 1. The van der Waals surface area contributed by atoms with Crippen LogP contribution >= 0.6 is 11.8 Å². The van der Waals surface area contributed by atoms with Crippen LogP contribution in [0.3, 0.4) is 0 Å². The number of nitrogens with two attached hydrogens (primary N) is 1. The number of nitrogens with zero attached hydrogens (tertiary/aromatic N) is 6. The molecule has 4 aromatic rings. The second-order valence-electron chi connectivity index (χ2n) is 18.3. The highest BCUT2D eigenvalue weighted by Crippen LogP contribution is 2.43. The highest BCUT2D eigenvalue weighted by atomic mass is 32.2. The fourth-order valence-electron chi connectivity index (χ4n) is 10.3. The van der Waals surface area contributed by atoms with E-state index in [-0.39, 0.29) is 29.5 Å². The topological polar surface area (TPSA) is 169 Å². The number of carbonyl (C=O) groups is 3. The lowest BCUT2D eigenvalue weighted by Gasteiger charge is -2.40. The van der Waals surface area contributed by atoms with Gasteiger partial charge in [0.05, 0.1) is 30.2 Å². The number of hydrogen-bond acceptors (Lipinski definition) is 13. The minimum Gasteiger partial charge on any atom is -0.507 e. The maximum Gasteiger partial charge on any atom is 0.249 e. The number of likely N-dealkylation sites (tertiary alicyclic amines) is 2. The first-order chi connectivity index (χ1) is 31.1. The molecule has 0 unspecified atom stereocenters. The second kappa shape index (κ2) is 19.7. The van der Waals surface area contributed by atoms with Crippen LogP contribution in [0, 0.1) is 11.8 Å². The number of nitrogens with one attached hydrogen (secondary N) is 2. The van der Waals surface area contributed by atoms with E-state index < -0.39 is 0 Å². The van der Waals surface area contributed by atoms with E-state index in [1.807, 2.05) is 36.0 Å². The number of benzene rings is 3. The Morgan fingerprint density at radius 1 is 0.891 bits per heavy atom. The van der Waals surface area contributed by atoms with Gasteiger partial charge in [-0.25, -0.2) is 0 Å². The molecule has 5 aliphatic heterocycles. The van der Waals surface area contributed by atoms with Crippen molar-refractivity contribution in [2.75, 3.05) is 86.4 Å². The van der Waals surface area contributed by atoms with Gasteiger partial charge in [0.1, 0.15) is 24.1 Å². The zero-order valence-electron chi connectivity index (χ0n) is 36.8. The van der Waals surface area contributed by atoms with E-state index in [9.17, 15) is 19.5 Å². The van der Waals surface area contributed by atoms with Gasteiger partial charge >= 0.3 is 0 Å². The second-order valence-corrected chi connectivity index (χ2v) is 19.7. The standard InChI is InChI=1S/C49H61N9O5S/c1-32-12-13-33(30-57(29-32)43-27-40(53-54-48(43)50)39-8-2-3-11-44(39)59)28-51-35-6-4-7-37(26-35)64-36-18-22-56(23-19-36)46(61)31-55-20-16-34(17-21-55)38-9-5-10-41-47(38)63-25-24-58(41)42-14-15-45(60)52-49(42)62/h2-11,26-27,32-34,36,42,51,59H,12-25,28-31H2,1H3,(H2,50,54)(H,52,60,62)/t32-,33-,42+/m1/s1. The van der Waals surface area contributed by atoms with Crippen molar-refractivity contribution in [3.63, 3.8) is 0 Å². The number of para-hydroxylation sites is 2. The number of anilines is 4. The van der Waals surface area contributed by atoms with E-state index in [2.05, 4.69) is 83.8 Å². The molecule has 3 atom stereocenters. The molecule has 3 aromatic carbocycles. The van der Waals surface area contributed by atoms with E-state index in [1.165, 1.54) is 10.5 Å². The predicted molar refractivity (Wildman–Crippen MR) is 252 cm³/mol. The summed E-state index contributed by atoms with van der Waals surface area (Å²) >= 11 is 1.92. The third-order valence-electron chi connectivity index (χ3n) is 13.8. The zero-order valence-corrected chi connectivity index (χ0v) is 37.6. The lowest BCUT2D eigenvalue weighted by molar-refractivity contribution is -0.135. The van der Waals surface area contributed by atoms with E-state index >= 15 is 0 Å². The summed E-state index contributed by atoms with van der Waals surface area (Å²) in [6.07, 6.45) is 6.93. The minimum absolute atomic E-state index is 0.169. The van der Waals surface area contributed by atoms with Gasteiger partial charge in [-0.2, -0.15) is 0 Å². The zero-order chi connectivity index (χ0) is 44.2. The van der Waals surface area contributed by atoms with E-state index in [0.29, 0.717) is 72.6 Å². The smallest absolute Gasteiger partial charge is 0.249 e. The van der Waals surface area contributed by atoms with E-state index in [0.717, 1.165) is 107 Å². The summed E-state index contributed by atoms with van der Waals surface area (Å²) in [5, 5.41) is 25.8. The van der Waals surface area contributed by atoms with Crippen LogP contribution in [0.4, 0.5) is 22.9 Å². The fraction of sp³-hybridized carbons (Fsp3) is 0.490. The summed E-state index contributed by atoms with van der Waals surface area (Å²) in [5.41, 5.74) is 11.8. The molecule has 5 aliphatic rings. The number of hydrogen-bond donors (Lipinski definition) is 4. The SMILES string of the molecule is C[C@@H]1CC[C@H](CNc2cccc(SC3CCN(C(=O)CN4CCC(c5cccc6c5OCCN6[C@H]5CCC(=O)NC5=O)CC4)CC3)c2)CN(c2cc(-c3ccccc3O)nnc2N)C1. The fourth-order valence-corrected chi connectivity index (χ4v) is 11.4. The summed E-state index contributed by atoms with van der Waals surface area (Å²) in [7, 11) is 0. The van der Waals surface area contributed by atoms with E-state index in [1.54, 1.807) is 12.1 Å². The molecular formula is C49H61N9O5S. The van der Waals surface area contributed by atoms with Crippen LogP contribution in [0.5, 0.6) is 11.5 Å². The van der Waals surface area contributed by atoms with Crippen LogP contribution in [-0.2, 0) is 14.4 Å². The van der Waals surface area contributed by atoms with Crippen LogP contribution in [0.25, 0.3) is 11.3 Å². The van der Waals surface area contributed by atoms with Crippen LogP contribution in [0.1, 0.15) is 69.8 Å². The summed E-state index contributed by atoms with van der Waals surface area (Å²) in [4.78, 5) is 48.2. The summed E-state index contributed by atoms with van der Waals surface area (Å²) in [6.45, 7) is 9.69. The number of rotatable bonds is 11. The van der Waals surface area contributed by atoms with Gasteiger partial charge in [0, 0.05) is 60.5 Å². The number of fused-ring (bicyclic) bond motifs is 1. The number of phenolic OH excluding ortho intramolecular Hbond substituents is 1. The number of aromatic nitrogens is 2. The van der Waals surface area contributed by atoms with Crippen molar-refractivity contribution >= 4 is 52.4 Å². The molecule has 15 heteroatoms. The summed E-state index contributed by atoms with van der Waals surface area (Å²) in [6, 6.07) is 23.7. The molecule has 338 valence electrons. The minimum atomic E-state index is -0.367. The molecule has 14 nitrogen and oxygen atoms in total. The van der Waals surface area contributed by atoms with Crippen LogP contribution in [0.15, 0.2) is 77.7 Å². The maximum atomic E-state index is 13.6. The molecule has 5 N–H and O–H groups in total. The van der Waals surface area contributed by atoms with Gasteiger partial charge in [0.15, 0.2) is 5.82 Å². The molecule has 0 aliphatic carbocycles. The van der Waals surface area contributed by atoms with Crippen molar-refractivity contribution in [1.82, 2.24) is 25.3 Å². The maximum absolute atomic E-state index is 13.6. The number of thioether (sulfide) groups is 1. The van der Waals surface area contributed by atoms with Gasteiger partial charge in [-0.15, -0.1) is 22.0 Å². The number of carbonyl (C=O) groups excluding carboxylic acids is 3. The van der Waals surface area contributed by atoms with Crippen LogP contribution < -0.4 is 30.9 Å². The molecule has 4 saturated heterocycles. The number of amides is 3. The number of phenols is 1. The van der Waals surface area contributed by atoms with Gasteiger partial charge in [0.2, 0.25) is 17.7 Å². The summed E-state index contributed by atoms with van der Waals surface area (Å²) in [5.74, 6) is 2.44. The molecule has 0 bridgehead atoms. The Morgan fingerprint density at radius 3 is 2.52 bits per heavy atom. The molecule has 0 spiro atoms. The molecule has 9 rings (SSSR count). The molecule has 0 radical (unpaired) electrons. The van der Waals surface area contributed by atoms with Crippen molar-refractivity contribution in [2.45, 2.75) is 80.4 Å². The Kier molecular flexibility index (Phi) is 13.4. The lowest BCUT2D eigenvalue weighted by Crippen LogP contribution is -2.54. The van der Waals surface area contributed by atoms with E-state index in [4.69, 9.17) is 10.5 Å². The van der Waals surface area contributed by atoms with Gasteiger partial charge in [-0.05, 0) is 124 Å². The van der Waals surface area contributed by atoms with Crippen molar-refractivity contribution in [3.8, 4) is 22.8 Å². The van der Waals surface area contributed by atoms with Gasteiger partial charge < -0.3 is 35.6 Å². The molecule has 64 heavy (non-hydrogen) atoms. The Bertz CT molecular complexity index is 2320. The predicted octanol–water partition coefficient (Wildman–Crippen LogP) is 6.36. The Labute approximate surface area is 380 Å². The first kappa shape index (κ1) is 43.7. The number of imide groups is 1. The molecule has 3 amide bonds. The molecule has 4 fully saturated rings. The third-order valence-corrected chi connectivity index (χ3v) is 15.1. The first-order valence-corrected chi connectivity index (χ1v) is 24.1. The quantitative estimate of drug-likeness (QED) is 0.123. The van der Waals surface area contributed by atoms with Crippen molar-refractivity contribution < 1.29 is 24.2 Å². The van der Waals surface area contributed by atoms with Gasteiger partial charge in [-0.1, -0.05) is 37.3 Å². The largest absolute Gasteiger partial charge is 0.507 e. The molecular weight excluding hydrogens is 827 g/mol. The van der Waals surface area contributed by atoms with Crippen molar-refractivity contribution in [3.05, 3.63) is 78.4 Å². The summed E-state index contributed by atoms with van der Waals surface area (Å²) < 4.78 is 6.25. The number of piperidine rings is 3. The molecule has 6 heterocycles. The lowest BCUT2D eigenvalue weighted by atomic mass is 9.87.